The number of hydrogen-bond acceptors (Lipinski definition) is 5. The summed E-state index contributed by atoms with van der Waals surface area (Å²) >= 11 is 1.58. The summed E-state index contributed by atoms with van der Waals surface area (Å²) in [6.45, 7) is 1.96. The molecule has 0 aliphatic carbocycles. The second kappa shape index (κ2) is 6.31. The zero-order valence-corrected chi connectivity index (χ0v) is 12.6. The summed E-state index contributed by atoms with van der Waals surface area (Å²) in [5, 5.41) is 15.9. The molecule has 2 aromatic heterocycles. The van der Waals surface area contributed by atoms with Crippen molar-refractivity contribution in [3.63, 3.8) is 0 Å². The van der Waals surface area contributed by atoms with Gasteiger partial charge in [0.15, 0.2) is 0 Å². The van der Waals surface area contributed by atoms with Crippen molar-refractivity contribution in [2.24, 2.45) is 0 Å². The summed E-state index contributed by atoms with van der Waals surface area (Å²) in [6, 6.07) is 9.50. The van der Waals surface area contributed by atoms with Crippen molar-refractivity contribution in [3.05, 3.63) is 58.6 Å². The van der Waals surface area contributed by atoms with Crippen LogP contribution in [-0.2, 0) is 4.79 Å². The maximum atomic E-state index is 11.9. The van der Waals surface area contributed by atoms with E-state index in [4.69, 9.17) is 0 Å². The third-order valence-corrected chi connectivity index (χ3v) is 3.85. The fourth-order valence-electron chi connectivity index (χ4n) is 1.93. The van der Waals surface area contributed by atoms with Crippen molar-refractivity contribution in [3.8, 4) is 5.69 Å². The number of anilines is 1. The van der Waals surface area contributed by atoms with Crippen molar-refractivity contribution in [1.29, 1.82) is 0 Å². The Morgan fingerprint density at radius 1 is 1.36 bits per heavy atom. The van der Waals surface area contributed by atoms with E-state index in [1.807, 2.05) is 42.6 Å². The SMILES string of the molecule is Cc1ccc(NC(=O)C=Cc2cccs2)cc1-n1cnnn1. The molecule has 0 fully saturated rings. The highest BCUT2D eigenvalue weighted by atomic mass is 32.1. The minimum atomic E-state index is -0.181. The van der Waals surface area contributed by atoms with Gasteiger partial charge in [0.1, 0.15) is 6.33 Å². The summed E-state index contributed by atoms with van der Waals surface area (Å²) in [6.07, 6.45) is 4.82. The monoisotopic (exact) mass is 311 g/mol. The van der Waals surface area contributed by atoms with Crippen molar-refractivity contribution in [2.45, 2.75) is 6.92 Å². The van der Waals surface area contributed by atoms with Crippen LogP contribution in [0.1, 0.15) is 10.4 Å². The van der Waals surface area contributed by atoms with Crippen molar-refractivity contribution >= 4 is 29.0 Å². The van der Waals surface area contributed by atoms with Crippen molar-refractivity contribution in [1.82, 2.24) is 20.2 Å². The first-order valence-electron chi connectivity index (χ1n) is 6.59. The van der Waals surface area contributed by atoms with Gasteiger partial charge in [0.05, 0.1) is 5.69 Å². The molecule has 0 saturated heterocycles. The van der Waals surface area contributed by atoms with Crippen molar-refractivity contribution < 1.29 is 4.79 Å². The third-order valence-electron chi connectivity index (χ3n) is 3.01. The van der Waals surface area contributed by atoms with Gasteiger partial charge in [0, 0.05) is 16.6 Å². The fraction of sp³-hybridized carbons (Fsp3) is 0.0667. The molecule has 2 heterocycles. The molecule has 0 bridgehead atoms. The number of thiophene rings is 1. The molecule has 6 nitrogen and oxygen atoms in total. The number of nitrogens with zero attached hydrogens (tertiary/aromatic N) is 4. The molecule has 1 amide bonds. The molecule has 110 valence electrons. The number of aromatic nitrogens is 4. The molecule has 1 aromatic carbocycles. The smallest absolute Gasteiger partial charge is 0.248 e. The Balaban J connectivity index is 1.75. The van der Waals surface area contributed by atoms with Gasteiger partial charge >= 0.3 is 0 Å². The van der Waals surface area contributed by atoms with Crippen LogP contribution in [0.5, 0.6) is 0 Å². The average molecular weight is 311 g/mol. The van der Waals surface area contributed by atoms with Crippen LogP contribution in [-0.4, -0.2) is 26.1 Å². The summed E-state index contributed by atoms with van der Waals surface area (Å²) < 4.78 is 1.56. The Labute approximate surface area is 131 Å². The van der Waals surface area contributed by atoms with Gasteiger partial charge in [0.2, 0.25) is 5.91 Å². The van der Waals surface area contributed by atoms with Crippen LogP contribution in [0.15, 0.2) is 48.1 Å². The highest BCUT2D eigenvalue weighted by Crippen LogP contribution is 2.18. The van der Waals surface area contributed by atoms with Gasteiger partial charge in [-0.3, -0.25) is 4.79 Å². The first-order valence-corrected chi connectivity index (χ1v) is 7.47. The zero-order valence-electron chi connectivity index (χ0n) is 11.8. The molecule has 22 heavy (non-hydrogen) atoms. The molecular formula is C15H13N5OS. The maximum absolute atomic E-state index is 11.9. The number of nitrogens with one attached hydrogen (secondary N) is 1. The standard InChI is InChI=1S/C15H13N5OS/c1-11-4-5-12(9-14(11)20-10-16-18-19-20)17-15(21)7-6-13-3-2-8-22-13/h2-10H,1H3,(H,17,21). The zero-order chi connectivity index (χ0) is 15.4. The Hall–Kier alpha value is -2.80. The summed E-state index contributed by atoms with van der Waals surface area (Å²) in [5.41, 5.74) is 2.53. The third kappa shape index (κ3) is 3.26. The van der Waals surface area contributed by atoms with Crippen LogP contribution in [0, 0.1) is 6.92 Å². The number of rotatable bonds is 4. The molecule has 3 rings (SSSR count). The lowest BCUT2D eigenvalue weighted by Gasteiger charge is -2.08. The van der Waals surface area contributed by atoms with Gasteiger partial charge in [-0.2, -0.15) is 0 Å². The summed E-state index contributed by atoms with van der Waals surface area (Å²) in [7, 11) is 0. The molecule has 3 aromatic rings. The topological polar surface area (TPSA) is 72.7 Å². The van der Waals surface area contributed by atoms with E-state index in [2.05, 4.69) is 20.8 Å². The molecular weight excluding hydrogens is 298 g/mol. The van der Waals surface area contributed by atoms with E-state index in [0.29, 0.717) is 5.69 Å². The number of benzene rings is 1. The molecule has 1 N–H and O–H groups in total. The van der Waals surface area contributed by atoms with Crippen molar-refractivity contribution in [2.75, 3.05) is 5.32 Å². The van der Waals surface area contributed by atoms with Gasteiger partial charge in [-0.15, -0.1) is 16.4 Å². The average Bonchev–Trinajstić information content (AvgIpc) is 3.20. The van der Waals surface area contributed by atoms with Gasteiger partial charge in [-0.1, -0.05) is 12.1 Å². The molecule has 7 heteroatoms. The van der Waals surface area contributed by atoms with E-state index in [1.165, 1.54) is 12.4 Å². The summed E-state index contributed by atoms with van der Waals surface area (Å²) in [5.74, 6) is -0.181. The molecule has 0 atom stereocenters. The number of aryl methyl sites for hydroxylation is 1. The van der Waals surface area contributed by atoms with E-state index >= 15 is 0 Å². The summed E-state index contributed by atoms with van der Waals surface area (Å²) in [4.78, 5) is 13.0. The first kappa shape index (κ1) is 14.2. The second-order valence-corrected chi connectivity index (χ2v) is 5.57. The predicted molar refractivity (Wildman–Crippen MR) is 85.9 cm³/mol. The molecule has 0 aliphatic heterocycles. The second-order valence-electron chi connectivity index (χ2n) is 4.59. The quantitative estimate of drug-likeness (QED) is 0.752. The number of carbonyl (C=O) groups excluding carboxylic acids is 1. The minimum absolute atomic E-state index is 0.181. The molecule has 0 saturated carbocycles. The lowest BCUT2D eigenvalue weighted by atomic mass is 10.2. The number of hydrogen-bond donors (Lipinski definition) is 1. The minimum Gasteiger partial charge on any atom is -0.322 e. The van der Waals surface area contributed by atoms with E-state index in [-0.39, 0.29) is 5.91 Å². The van der Waals surface area contributed by atoms with Gasteiger partial charge in [0.25, 0.3) is 0 Å². The Bertz CT molecular complexity index is 793. The van der Waals surface area contributed by atoms with Gasteiger partial charge in [-0.05, 0) is 52.6 Å². The lowest BCUT2D eigenvalue weighted by Crippen LogP contribution is -2.08. The number of tetrazole rings is 1. The van der Waals surface area contributed by atoms with Crippen LogP contribution < -0.4 is 5.32 Å². The highest BCUT2D eigenvalue weighted by Gasteiger charge is 2.05. The molecule has 0 aliphatic rings. The van der Waals surface area contributed by atoms with E-state index in [0.717, 1.165) is 16.1 Å². The lowest BCUT2D eigenvalue weighted by molar-refractivity contribution is -0.111. The largest absolute Gasteiger partial charge is 0.322 e. The number of carbonyl (C=O) groups is 1. The van der Waals surface area contributed by atoms with Gasteiger partial charge < -0.3 is 5.32 Å². The van der Waals surface area contributed by atoms with Crippen LogP contribution in [0.25, 0.3) is 11.8 Å². The number of amides is 1. The maximum Gasteiger partial charge on any atom is 0.248 e. The van der Waals surface area contributed by atoms with Crippen LogP contribution in [0.2, 0.25) is 0 Å². The van der Waals surface area contributed by atoms with Crippen LogP contribution in [0.4, 0.5) is 5.69 Å². The highest BCUT2D eigenvalue weighted by molar-refractivity contribution is 7.10. The molecule has 0 unspecified atom stereocenters. The Kier molecular flexibility index (Phi) is 4.06. The predicted octanol–water partition coefficient (Wildman–Crippen LogP) is 2.68. The van der Waals surface area contributed by atoms with E-state index in [1.54, 1.807) is 22.1 Å². The normalized spacial score (nSPS) is 11.0. The molecule has 0 spiro atoms. The Morgan fingerprint density at radius 3 is 3.00 bits per heavy atom. The van der Waals surface area contributed by atoms with Crippen LogP contribution >= 0.6 is 11.3 Å². The van der Waals surface area contributed by atoms with Crippen LogP contribution in [0.3, 0.4) is 0 Å². The molecule has 0 radical (unpaired) electrons. The van der Waals surface area contributed by atoms with Gasteiger partial charge in [-0.25, -0.2) is 4.68 Å². The fourth-order valence-corrected chi connectivity index (χ4v) is 2.55. The Morgan fingerprint density at radius 2 is 2.27 bits per heavy atom. The van der Waals surface area contributed by atoms with E-state index in [9.17, 15) is 4.79 Å². The van der Waals surface area contributed by atoms with E-state index < -0.39 is 0 Å². The first-order chi connectivity index (χ1) is 10.7.